The summed E-state index contributed by atoms with van der Waals surface area (Å²) >= 11 is 0. The number of hydrogen-bond acceptors (Lipinski definition) is 8. The summed E-state index contributed by atoms with van der Waals surface area (Å²) in [6, 6.07) is 10.1. The van der Waals surface area contributed by atoms with Crippen molar-refractivity contribution in [1.82, 2.24) is 29.3 Å². The Balaban J connectivity index is 1.41. The topological polar surface area (TPSA) is 124 Å². The lowest BCUT2D eigenvalue weighted by atomic mass is 10.1. The van der Waals surface area contributed by atoms with E-state index in [2.05, 4.69) is 20.5 Å². The highest BCUT2D eigenvalue weighted by atomic mass is 32.2. The van der Waals surface area contributed by atoms with Crippen molar-refractivity contribution in [3.63, 3.8) is 0 Å². The van der Waals surface area contributed by atoms with Crippen molar-refractivity contribution in [2.24, 2.45) is 7.05 Å². The largest absolute Gasteiger partial charge is 0.434 e. The monoisotopic (exact) mass is 591 g/mol. The van der Waals surface area contributed by atoms with Gasteiger partial charge in [0.05, 0.1) is 21.7 Å². The van der Waals surface area contributed by atoms with E-state index in [1.54, 1.807) is 31.4 Å². The SMILES string of the molecule is CN1C=Cc2ccc(S(=O)(=O)c3ccc(OC(F)F)c(-c4nn(C)cc4NC(=O)c4cnn5cccnc45)c3)cc2C1. The highest BCUT2D eigenvalue weighted by Crippen LogP contribution is 2.38. The minimum absolute atomic E-state index is 0.0280. The Morgan fingerprint density at radius 3 is 2.71 bits per heavy atom. The molecule has 214 valence electrons. The number of aromatic nitrogens is 5. The molecule has 4 heterocycles. The number of aryl methyl sites for hydroxylation is 1. The van der Waals surface area contributed by atoms with Crippen LogP contribution in [0.4, 0.5) is 14.5 Å². The number of sulfone groups is 1. The lowest BCUT2D eigenvalue weighted by Crippen LogP contribution is -2.15. The van der Waals surface area contributed by atoms with Gasteiger partial charge in [-0.1, -0.05) is 6.07 Å². The first-order chi connectivity index (χ1) is 20.1. The fourth-order valence-corrected chi connectivity index (χ4v) is 6.07. The normalized spacial score (nSPS) is 13.0. The zero-order valence-electron chi connectivity index (χ0n) is 22.3. The van der Waals surface area contributed by atoms with Gasteiger partial charge in [0, 0.05) is 44.8 Å². The van der Waals surface area contributed by atoms with E-state index in [0.29, 0.717) is 12.2 Å². The van der Waals surface area contributed by atoms with Crippen LogP contribution in [0.5, 0.6) is 5.75 Å². The molecule has 42 heavy (non-hydrogen) atoms. The Kier molecular flexibility index (Phi) is 6.69. The summed E-state index contributed by atoms with van der Waals surface area (Å²) in [7, 11) is -0.630. The maximum atomic E-state index is 13.7. The Labute approximate surface area is 238 Å². The molecule has 3 aromatic heterocycles. The van der Waals surface area contributed by atoms with Gasteiger partial charge >= 0.3 is 6.61 Å². The Hall–Kier alpha value is -5.11. The van der Waals surface area contributed by atoms with Crippen molar-refractivity contribution in [2.75, 3.05) is 12.4 Å². The van der Waals surface area contributed by atoms with E-state index >= 15 is 0 Å². The fraction of sp³-hybridized carbons (Fsp3) is 0.143. The second kappa shape index (κ2) is 10.4. The average Bonchev–Trinajstić information content (AvgIpc) is 3.55. The van der Waals surface area contributed by atoms with E-state index in [-0.39, 0.29) is 38.0 Å². The molecule has 11 nitrogen and oxygen atoms in total. The summed E-state index contributed by atoms with van der Waals surface area (Å²) in [5, 5.41) is 11.2. The zero-order valence-corrected chi connectivity index (χ0v) is 23.1. The van der Waals surface area contributed by atoms with Crippen molar-refractivity contribution in [3.8, 4) is 17.0 Å². The van der Waals surface area contributed by atoms with Gasteiger partial charge < -0.3 is 15.0 Å². The van der Waals surface area contributed by atoms with E-state index in [0.717, 1.165) is 17.2 Å². The van der Waals surface area contributed by atoms with Gasteiger partial charge in [-0.15, -0.1) is 0 Å². The van der Waals surface area contributed by atoms with Crippen molar-refractivity contribution in [1.29, 1.82) is 0 Å². The molecule has 1 aliphatic rings. The third-order valence-electron chi connectivity index (χ3n) is 6.69. The standard InChI is InChI=1S/C28H23F2N7O4S/c1-35-11-8-17-4-5-19(12-18(17)15-35)42(39,40)20-6-7-24(41-28(29)30)21(13-20)25-23(16-36(2)34-25)33-27(38)22-14-32-37-10-3-9-31-26(22)37/h3-14,16,28H,15H2,1-2H3,(H,33,38). The Morgan fingerprint density at radius 2 is 1.90 bits per heavy atom. The first kappa shape index (κ1) is 27.1. The molecule has 0 radical (unpaired) electrons. The van der Waals surface area contributed by atoms with Crippen LogP contribution in [0.1, 0.15) is 21.5 Å². The van der Waals surface area contributed by atoms with Gasteiger partial charge in [0.25, 0.3) is 5.91 Å². The number of amides is 1. The van der Waals surface area contributed by atoms with Crippen LogP contribution in [0.2, 0.25) is 0 Å². The predicted octanol–water partition coefficient (Wildman–Crippen LogP) is 4.23. The van der Waals surface area contributed by atoms with Crippen LogP contribution < -0.4 is 10.1 Å². The van der Waals surface area contributed by atoms with Crippen molar-refractivity contribution < 1.29 is 26.7 Å². The van der Waals surface area contributed by atoms with Gasteiger partial charge in [-0.2, -0.15) is 19.0 Å². The average molecular weight is 592 g/mol. The summed E-state index contributed by atoms with van der Waals surface area (Å²) in [6.45, 7) is -2.66. The molecule has 0 unspecified atom stereocenters. The maximum Gasteiger partial charge on any atom is 0.387 e. The highest BCUT2D eigenvalue weighted by Gasteiger charge is 2.26. The molecule has 0 fully saturated rings. The van der Waals surface area contributed by atoms with Gasteiger partial charge in [-0.05, 0) is 59.8 Å². The fourth-order valence-electron chi connectivity index (χ4n) is 4.73. The first-order valence-corrected chi connectivity index (χ1v) is 14.1. The van der Waals surface area contributed by atoms with Gasteiger partial charge in [0.1, 0.15) is 17.0 Å². The summed E-state index contributed by atoms with van der Waals surface area (Å²) in [5.74, 6) is -0.890. The smallest absolute Gasteiger partial charge is 0.387 e. The summed E-state index contributed by atoms with van der Waals surface area (Å²) in [4.78, 5) is 19.2. The number of carbonyl (C=O) groups excluding carboxylic acids is 1. The number of nitrogens with one attached hydrogen (secondary N) is 1. The van der Waals surface area contributed by atoms with Crippen LogP contribution in [-0.2, 0) is 23.4 Å². The number of anilines is 1. The van der Waals surface area contributed by atoms with Gasteiger partial charge in [-0.25, -0.2) is 17.9 Å². The van der Waals surface area contributed by atoms with Gasteiger partial charge in [-0.3, -0.25) is 9.48 Å². The molecular weight excluding hydrogens is 568 g/mol. The quantitative estimate of drug-likeness (QED) is 0.298. The third-order valence-corrected chi connectivity index (χ3v) is 8.44. The summed E-state index contributed by atoms with van der Waals surface area (Å²) in [6.07, 6.45) is 9.75. The van der Waals surface area contributed by atoms with Crippen LogP contribution in [0.3, 0.4) is 0 Å². The van der Waals surface area contributed by atoms with E-state index < -0.39 is 22.4 Å². The lowest BCUT2D eigenvalue weighted by Gasteiger charge is -2.21. The number of fused-ring (bicyclic) bond motifs is 2. The summed E-state index contributed by atoms with van der Waals surface area (Å²) in [5.41, 5.74) is 2.32. The third kappa shape index (κ3) is 4.96. The van der Waals surface area contributed by atoms with Crippen LogP contribution >= 0.6 is 0 Å². The molecule has 0 aliphatic carbocycles. The highest BCUT2D eigenvalue weighted by molar-refractivity contribution is 7.91. The molecule has 6 rings (SSSR count). The minimum atomic E-state index is -4.08. The number of hydrogen-bond donors (Lipinski definition) is 1. The number of nitrogens with zero attached hydrogens (tertiary/aromatic N) is 6. The molecule has 5 aromatic rings. The minimum Gasteiger partial charge on any atom is -0.434 e. The van der Waals surface area contributed by atoms with Crippen LogP contribution in [0.25, 0.3) is 23.0 Å². The Morgan fingerprint density at radius 1 is 1.12 bits per heavy atom. The number of carbonyl (C=O) groups is 1. The number of ether oxygens (including phenoxy) is 1. The van der Waals surface area contributed by atoms with Crippen LogP contribution in [0, 0.1) is 0 Å². The molecule has 1 N–H and O–H groups in total. The number of benzene rings is 2. The molecule has 0 spiro atoms. The molecule has 14 heteroatoms. The maximum absolute atomic E-state index is 13.7. The number of rotatable bonds is 7. The van der Waals surface area contributed by atoms with Crippen molar-refractivity contribution in [3.05, 3.63) is 90.1 Å². The Bertz CT molecular complexity index is 1990. The number of alkyl halides is 2. The molecule has 2 aromatic carbocycles. The zero-order chi connectivity index (χ0) is 29.6. The lowest BCUT2D eigenvalue weighted by molar-refractivity contribution is -0.0494. The molecule has 1 amide bonds. The van der Waals surface area contributed by atoms with E-state index in [1.807, 2.05) is 24.2 Å². The van der Waals surface area contributed by atoms with Crippen LogP contribution in [0.15, 0.2) is 83.2 Å². The van der Waals surface area contributed by atoms with E-state index in [9.17, 15) is 22.0 Å². The molecule has 0 bridgehead atoms. The molecule has 0 saturated heterocycles. The van der Waals surface area contributed by atoms with Gasteiger partial charge in [0.2, 0.25) is 9.84 Å². The van der Waals surface area contributed by atoms with E-state index in [1.165, 1.54) is 46.0 Å². The second-order valence-corrected chi connectivity index (χ2v) is 11.5. The number of halogens is 2. The van der Waals surface area contributed by atoms with Gasteiger partial charge in [0.15, 0.2) is 5.65 Å². The predicted molar refractivity (Wildman–Crippen MR) is 149 cm³/mol. The first-order valence-electron chi connectivity index (χ1n) is 12.6. The molecule has 1 aliphatic heterocycles. The summed E-state index contributed by atoms with van der Waals surface area (Å²) < 4.78 is 61.8. The van der Waals surface area contributed by atoms with Crippen LogP contribution in [-0.4, -0.2) is 57.3 Å². The molecule has 0 atom stereocenters. The van der Waals surface area contributed by atoms with Crippen molar-refractivity contribution in [2.45, 2.75) is 22.9 Å². The second-order valence-electron chi connectivity index (χ2n) is 9.60. The van der Waals surface area contributed by atoms with Crippen molar-refractivity contribution >= 4 is 33.2 Å². The molecular formula is C28H23F2N7O4S. The van der Waals surface area contributed by atoms with E-state index in [4.69, 9.17) is 4.74 Å². The molecule has 0 saturated carbocycles.